The molecule has 4 rings (SSSR count). The molecule has 166 valence electrons. The van der Waals surface area contributed by atoms with Crippen molar-refractivity contribution in [3.05, 3.63) is 92.0 Å². The molecular weight excluding hydrogens is 486 g/mol. The number of furan rings is 1. The van der Waals surface area contributed by atoms with E-state index in [0.717, 1.165) is 22.3 Å². The highest BCUT2D eigenvalue weighted by molar-refractivity contribution is 8.26. The number of thiocarbonyl (C=S) groups is 1. The predicted molar refractivity (Wildman–Crippen MR) is 129 cm³/mol. The topological polar surface area (TPSA) is 106 Å². The maximum atomic E-state index is 12.7. The number of halogens is 1. The summed E-state index contributed by atoms with van der Waals surface area (Å²) in [7, 11) is 0. The molecule has 1 aliphatic rings. The Kier molecular flexibility index (Phi) is 6.59. The largest absolute Gasteiger partial charge is 0.457 e. The maximum absolute atomic E-state index is 12.7. The quantitative estimate of drug-likeness (QED) is 0.220. The van der Waals surface area contributed by atoms with Gasteiger partial charge in [-0.15, -0.1) is 0 Å². The van der Waals surface area contributed by atoms with E-state index >= 15 is 0 Å². The number of hydrogen-bond donors (Lipinski definition) is 1. The fraction of sp³-hybridized carbons (Fsp3) is 0.0455. The molecule has 0 aliphatic carbocycles. The molecule has 2 amide bonds. The highest BCUT2D eigenvalue weighted by Gasteiger charge is 2.34. The SMILES string of the molecule is O=C(Cc1ccccc1)NN1C(=O)C(=Cc2ccc(-c3ccc([N+](=O)[O-])cc3Cl)o2)SC1=S. The molecule has 1 aliphatic heterocycles. The number of hydrazine groups is 1. The summed E-state index contributed by atoms with van der Waals surface area (Å²) in [4.78, 5) is 35.7. The van der Waals surface area contributed by atoms with Gasteiger partial charge in [-0.3, -0.25) is 25.1 Å². The molecule has 0 saturated carbocycles. The fourth-order valence-electron chi connectivity index (χ4n) is 3.03. The summed E-state index contributed by atoms with van der Waals surface area (Å²) in [5.74, 6) is -0.104. The monoisotopic (exact) mass is 499 g/mol. The third kappa shape index (κ3) is 5.14. The Hall–Kier alpha value is -3.47. The molecule has 33 heavy (non-hydrogen) atoms. The number of carbonyl (C=O) groups excluding carboxylic acids is 2. The van der Waals surface area contributed by atoms with Crippen LogP contribution in [0.4, 0.5) is 5.69 Å². The minimum Gasteiger partial charge on any atom is -0.457 e. The second kappa shape index (κ2) is 9.57. The van der Waals surface area contributed by atoms with Gasteiger partial charge in [-0.1, -0.05) is 53.7 Å². The Labute approximate surface area is 202 Å². The molecule has 1 aromatic heterocycles. The first-order chi connectivity index (χ1) is 15.8. The molecule has 2 aromatic carbocycles. The molecule has 0 bridgehead atoms. The first-order valence-corrected chi connectivity index (χ1v) is 11.1. The van der Waals surface area contributed by atoms with Gasteiger partial charge in [-0.2, -0.15) is 5.01 Å². The van der Waals surface area contributed by atoms with E-state index in [9.17, 15) is 19.7 Å². The van der Waals surface area contributed by atoms with Crippen molar-refractivity contribution in [3.63, 3.8) is 0 Å². The van der Waals surface area contributed by atoms with Gasteiger partial charge < -0.3 is 4.42 Å². The molecule has 1 N–H and O–H groups in total. The zero-order valence-electron chi connectivity index (χ0n) is 16.7. The molecular formula is C22H14ClN3O5S2. The van der Waals surface area contributed by atoms with Crippen LogP contribution in [0.3, 0.4) is 0 Å². The lowest BCUT2D eigenvalue weighted by atomic mass is 10.1. The Bertz CT molecular complexity index is 1310. The summed E-state index contributed by atoms with van der Waals surface area (Å²) in [5.41, 5.74) is 3.69. The number of nitrogens with zero attached hydrogens (tertiary/aromatic N) is 2. The zero-order valence-corrected chi connectivity index (χ0v) is 19.1. The second-order valence-corrected chi connectivity index (χ2v) is 8.92. The van der Waals surface area contributed by atoms with Crippen molar-refractivity contribution in [2.24, 2.45) is 0 Å². The second-order valence-electron chi connectivity index (χ2n) is 6.84. The normalized spacial score (nSPS) is 14.7. The van der Waals surface area contributed by atoms with Crippen LogP contribution in [-0.2, 0) is 16.0 Å². The molecule has 0 atom stereocenters. The number of nitrogens with one attached hydrogen (secondary N) is 1. The van der Waals surface area contributed by atoms with Gasteiger partial charge in [-0.25, -0.2) is 0 Å². The third-order valence-corrected chi connectivity index (χ3v) is 6.18. The summed E-state index contributed by atoms with van der Waals surface area (Å²) in [6, 6.07) is 16.5. The van der Waals surface area contributed by atoms with Gasteiger partial charge in [0.2, 0.25) is 5.91 Å². The molecule has 0 spiro atoms. The Morgan fingerprint density at radius 3 is 2.67 bits per heavy atom. The van der Waals surface area contributed by atoms with E-state index in [-0.39, 0.29) is 32.3 Å². The standard InChI is InChI=1S/C22H14ClN3O5S2/c23-17-11-14(26(29)30)6-8-16(17)18-9-7-15(31-18)12-19-21(28)25(22(32)33-19)24-20(27)10-13-4-2-1-3-5-13/h1-9,11-12H,10H2,(H,24,27). The van der Waals surface area contributed by atoms with Crippen LogP contribution in [0, 0.1) is 10.1 Å². The Balaban J connectivity index is 1.47. The highest BCUT2D eigenvalue weighted by Crippen LogP contribution is 2.35. The number of benzene rings is 2. The predicted octanol–water partition coefficient (Wildman–Crippen LogP) is 4.98. The van der Waals surface area contributed by atoms with Crippen LogP contribution >= 0.6 is 35.6 Å². The van der Waals surface area contributed by atoms with E-state index in [2.05, 4.69) is 5.43 Å². The van der Waals surface area contributed by atoms with Crippen molar-refractivity contribution >= 4 is 63.5 Å². The van der Waals surface area contributed by atoms with Crippen LogP contribution in [-0.4, -0.2) is 26.1 Å². The molecule has 0 unspecified atom stereocenters. The van der Waals surface area contributed by atoms with Crippen LogP contribution in [0.25, 0.3) is 17.4 Å². The van der Waals surface area contributed by atoms with Gasteiger partial charge in [0, 0.05) is 23.8 Å². The maximum Gasteiger partial charge on any atom is 0.285 e. The number of carbonyl (C=O) groups is 2. The number of hydrogen-bond acceptors (Lipinski definition) is 7. The van der Waals surface area contributed by atoms with Crippen molar-refractivity contribution < 1.29 is 18.9 Å². The van der Waals surface area contributed by atoms with Crippen LogP contribution in [0.1, 0.15) is 11.3 Å². The Morgan fingerprint density at radius 2 is 1.97 bits per heavy atom. The van der Waals surface area contributed by atoms with Gasteiger partial charge in [0.05, 0.1) is 21.3 Å². The molecule has 1 saturated heterocycles. The van der Waals surface area contributed by atoms with Crippen molar-refractivity contribution in [3.8, 4) is 11.3 Å². The molecule has 1 fully saturated rings. The summed E-state index contributed by atoms with van der Waals surface area (Å²) >= 11 is 12.4. The Morgan fingerprint density at radius 1 is 1.21 bits per heavy atom. The first-order valence-electron chi connectivity index (χ1n) is 9.47. The minimum absolute atomic E-state index is 0.106. The van der Waals surface area contributed by atoms with E-state index in [1.807, 2.05) is 30.3 Å². The van der Waals surface area contributed by atoms with Gasteiger partial charge in [0.1, 0.15) is 11.5 Å². The molecule has 8 nitrogen and oxygen atoms in total. The third-order valence-electron chi connectivity index (χ3n) is 4.57. The van der Waals surface area contributed by atoms with Crippen LogP contribution in [0.5, 0.6) is 0 Å². The van der Waals surface area contributed by atoms with Crippen molar-refractivity contribution in [1.82, 2.24) is 10.4 Å². The van der Waals surface area contributed by atoms with Gasteiger partial charge in [0.25, 0.3) is 11.6 Å². The number of nitro groups is 1. The van der Waals surface area contributed by atoms with Crippen molar-refractivity contribution in [2.75, 3.05) is 0 Å². The lowest BCUT2D eigenvalue weighted by Crippen LogP contribution is -2.45. The number of amides is 2. The number of non-ortho nitro benzene ring substituents is 1. The van der Waals surface area contributed by atoms with E-state index < -0.39 is 10.8 Å². The summed E-state index contributed by atoms with van der Waals surface area (Å²) in [5, 5.41) is 12.1. The van der Waals surface area contributed by atoms with Crippen LogP contribution < -0.4 is 5.43 Å². The van der Waals surface area contributed by atoms with Crippen LogP contribution in [0.2, 0.25) is 5.02 Å². The minimum atomic E-state index is -0.538. The zero-order chi connectivity index (χ0) is 23.5. The summed E-state index contributed by atoms with van der Waals surface area (Å²) in [6.45, 7) is 0. The molecule has 11 heteroatoms. The van der Waals surface area contributed by atoms with Crippen LogP contribution in [0.15, 0.2) is 70.0 Å². The highest BCUT2D eigenvalue weighted by atomic mass is 35.5. The fourth-order valence-corrected chi connectivity index (χ4v) is 4.46. The van der Waals surface area contributed by atoms with Gasteiger partial charge >= 0.3 is 0 Å². The average molecular weight is 500 g/mol. The van der Waals surface area contributed by atoms with Crippen molar-refractivity contribution in [2.45, 2.75) is 6.42 Å². The lowest BCUT2D eigenvalue weighted by molar-refractivity contribution is -0.384. The lowest BCUT2D eigenvalue weighted by Gasteiger charge is -2.15. The molecule has 0 radical (unpaired) electrons. The first kappa shape index (κ1) is 22.7. The van der Waals surface area contributed by atoms with Gasteiger partial charge in [-0.05, 0) is 36.0 Å². The van der Waals surface area contributed by atoms with Crippen molar-refractivity contribution in [1.29, 1.82) is 0 Å². The van der Waals surface area contributed by atoms with E-state index in [4.69, 9.17) is 28.2 Å². The summed E-state index contributed by atoms with van der Waals surface area (Å²) < 4.78 is 5.94. The van der Waals surface area contributed by atoms with E-state index in [0.29, 0.717) is 17.1 Å². The number of thioether (sulfide) groups is 1. The molecule has 3 aromatic rings. The van der Waals surface area contributed by atoms with E-state index in [1.165, 1.54) is 24.3 Å². The number of nitro benzene ring substituents is 1. The van der Waals surface area contributed by atoms with E-state index in [1.54, 1.807) is 12.1 Å². The number of rotatable bonds is 6. The molecule has 2 heterocycles. The summed E-state index contributed by atoms with van der Waals surface area (Å²) in [6.07, 6.45) is 1.61. The van der Waals surface area contributed by atoms with Gasteiger partial charge in [0.15, 0.2) is 4.32 Å². The average Bonchev–Trinajstić information content (AvgIpc) is 3.34. The smallest absolute Gasteiger partial charge is 0.285 e.